The van der Waals surface area contributed by atoms with Gasteiger partial charge in [-0.05, 0) is 48.4 Å². The molecular weight excluding hydrogens is 511 g/mol. The monoisotopic (exact) mass is 535 g/mol. The van der Waals surface area contributed by atoms with Gasteiger partial charge in [-0.3, -0.25) is 4.79 Å². The maximum Gasteiger partial charge on any atom is 0.420 e. The number of carbonyl (C=O) groups excluding carboxylic acids is 1. The lowest BCUT2D eigenvalue weighted by molar-refractivity contribution is -0.139. The normalized spacial score (nSPS) is 15.2. The fourth-order valence-corrected chi connectivity index (χ4v) is 4.09. The second-order valence-corrected chi connectivity index (χ2v) is 9.25. The van der Waals surface area contributed by atoms with E-state index in [0.29, 0.717) is 16.5 Å². The zero-order valence-corrected chi connectivity index (χ0v) is 20.8. The molecule has 1 aliphatic rings. The summed E-state index contributed by atoms with van der Waals surface area (Å²) in [5.74, 6) is -0.375. The largest absolute Gasteiger partial charge is 0.493 e. The van der Waals surface area contributed by atoms with Crippen LogP contribution in [0, 0.1) is 5.92 Å². The van der Waals surface area contributed by atoms with Crippen molar-refractivity contribution >= 4 is 34.7 Å². The van der Waals surface area contributed by atoms with Gasteiger partial charge in [-0.25, -0.2) is 4.98 Å². The van der Waals surface area contributed by atoms with E-state index in [9.17, 15) is 23.1 Å². The first kappa shape index (κ1) is 26.6. The highest BCUT2D eigenvalue weighted by Crippen LogP contribution is 2.43. The minimum atomic E-state index is -4.68. The number of nitrogens with zero attached hydrogens (tertiary/aromatic N) is 2. The van der Waals surface area contributed by atoms with E-state index in [1.165, 1.54) is 18.2 Å². The molecule has 1 aliphatic heterocycles. The summed E-state index contributed by atoms with van der Waals surface area (Å²) in [6.07, 6.45) is -3.13. The molecule has 0 saturated heterocycles. The van der Waals surface area contributed by atoms with Gasteiger partial charge in [-0.15, -0.1) is 0 Å². The van der Waals surface area contributed by atoms with Gasteiger partial charge in [-0.1, -0.05) is 31.5 Å². The van der Waals surface area contributed by atoms with Crippen LogP contribution in [0.1, 0.15) is 29.8 Å². The number of rotatable bonds is 7. The molecule has 4 rings (SSSR count). The number of amides is 1. The standard InChI is InChI=1S/C26H25ClF3N3O4/c1-15(2)13-36-22-9-8-16(11-19(22)26(28,29)30)32-25(35)18-5-3-7-21-23(18)37-14-17(12-34)33(21)24-20(27)6-4-10-31-24/h3-11,15,17,34H,12-14H2,1-2H3,(H,32,35)/t17-/m0/s1. The van der Waals surface area contributed by atoms with Crippen molar-refractivity contribution < 1.29 is 32.5 Å². The predicted octanol–water partition coefficient (Wildman–Crippen LogP) is 5.93. The highest BCUT2D eigenvalue weighted by molar-refractivity contribution is 6.33. The Labute approximate surface area is 216 Å². The Morgan fingerprint density at radius 2 is 2.05 bits per heavy atom. The molecule has 0 unspecified atom stereocenters. The number of hydrogen-bond acceptors (Lipinski definition) is 6. The van der Waals surface area contributed by atoms with Crippen molar-refractivity contribution in [1.29, 1.82) is 0 Å². The molecule has 0 aliphatic carbocycles. The summed E-state index contributed by atoms with van der Waals surface area (Å²) in [7, 11) is 0. The second kappa shape index (κ2) is 10.9. The molecule has 1 aromatic heterocycles. The average Bonchev–Trinajstić information content (AvgIpc) is 2.86. The van der Waals surface area contributed by atoms with E-state index >= 15 is 0 Å². The van der Waals surface area contributed by atoms with E-state index in [4.69, 9.17) is 21.1 Å². The third-order valence-electron chi connectivity index (χ3n) is 5.58. The van der Waals surface area contributed by atoms with Crippen LogP contribution >= 0.6 is 11.6 Å². The molecular formula is C26H25ClF3N3O4. The molecule has 7 nitrogen and oxygen atoms in total. The smallest absolute Gasteiger partial charge is 0.420 e. The van der Waals surface area contributed by atoms with Gasteiger partial charge in [-0.2, -0.15) is 13.2 Å². The number of aromatic nitrogens is 1. The number of aliphatic hydroxyl groups excluding tert-OH is 1. The summed E-state index contributed by atoms with van der Waals surface area (Å²) in [6.45, 7) is 3.54. The van der Waals surface area contributed by atoms with Gasteiger partial charge in [0.05, 0.1) is 41.1 Å². The Morgan fingerprint density at radius 3 is 2.73 bits per heavy atom. The SMILES string of the molecule is CC(C)COc1ccc(NC(=O)c2cccc3c2OC[C@H](CO)N3c2ncccc2Cl)cc1C(F)(F)F. The Hall–Kier alpha value is -3.50. The molecule has 37 heavy (non-hydrogen) atoms. The lowest BCUT2D eigenvalue weighted by atomic mass is 10.1. The van der Waals surface area contributed by atoms with Crippen LogP contribution in [-0.4, -0.2) is 41.9 Å². The Kier molecular flexibility index (Phi) is 7.79. The summed E-state index contributed by atoms with van der Waals surface area (Å²) in [4.78, 5) is 19.2. The topological polar surface area (TPSA) is 83.9 Å². The molecule has 11 heteroatoms. The Morgan fingerprint density at radius 1 is 1.27 bits per heavy atom. The van der Waals surface area contributed by atoms with Crippen molar-refractivity contribution in [1.82, 2.24) is 4.98 Å². The Bertz CT molecular complexity index is 1290. The summed E-state index contributed by atoms with van der Waals surface area (Å²) in [6, 6.07) is 10.9. The van der Waals surface area contributed by atoms with Crippen LogP contribution < -0.4 is 19.7 Å². The van der Waals surface area contributed by atoms with E-state index in [-0.39, 0.29) is 48.5 Å². The van der Waals surface area contributed by atoms with Crippen LogP contribution in [0.15, 0.2) is 54.7 Å². The lowest BCUT2D eigenvalue weighted by Gasteiger charge is -2.37. The number of ether oxygens (including phenoxy) is 2. The maximum atomic E-state index is 13.7. The summed E-state index contributed by atoms with van der Waals surface area (Å²) in [5, 5.41) is 12.8. The fourth-order valence-electron chi connectivity index (χ4n) is 3.88. The van der Waals surface area contributed by atoms with E-state index in [2.05, 4.69) is 10.3 Å². The van der Waals surface area contributed by atoms with Gasteiger partial charge in [0.15, 0.2) is 11.6 Å². The van der Waals surface area contributed by atoms with Crippen LogP contribution in [0.3, 0.4) is 0 Å². The van der Waals surface area contributed by atoms with Crippen molar-refractivity contribution in [2.75, 3.05) is 30.0 Å². The molecule has 2 N–H and O–H groups in total. The zero-order chi connectivity index (χ0) is 26.7. The summed E-state index contributed by atoms with van der Waals surface area (Å²) < 4.78 is 52.2. The number of halogens is 4. The molecule has 196 valence electrons. The van der Waals surface area contributed by atoms with E-state index in [0.717, 1.165) is 6.07 Å². The molecule has 0 spiro atoms. The molecule has 3 aromatic rings. The van der Waals surface area contributed by atoms with Crippen LogP contribution in [-0.2, 0) is 6.18 Å². The van der Waals surface area contributed by atoms with Gasteiger partial charge >= 0.3 is 6.18 Å². The van der Waals surface area contributed by atoms with Crippen LogP contribution in [0.5, 0.6) is 11.5 Å². The lowest BCUT2D eigenvalue weighted by Crippen LogP contribution is -2.43. The van der Waals surface area contributed by atoms with E-state index < -0.39 is 23.7 Å². The molecule has 0 saturated carbocycles. The molecule has 0 radical (unpaired) electrons. The number of para-hydroxylation sites is 1. The number of nitrogens with one attached hydrogen (secondary N) is 1. The third-order valence-corrected chi connectivity index (χ3v) is 5.87. The van der Waals surface area contributed by atoms with E-state index in [1.807, 2.05) is 13.8 Å². The number of fused-ring (bicyclic) bond motifs is 1. The van der Waals surface area contributed by atoms with Crippen LogP contribution in [0.2, 0.25) is 5.02 Å². The first-order chi connectivity index (χ1) is 17.6. The number of alkyl halides is 3. The molecule has 0 fully saturated rings. The average molecular weight is 536 g/mol. The van der Waals surface area contributed by atoms with Gasteiger partial charge in [0, 0.05) is 11.9 Å². The molecule has 2 aromatic carbocycles. The molecule has 1 amide bonds. The molecule has 1 atom stereocenters. The van der Waals surface area contributed by atoms with Crippen molar-refractivity contribution in [3.63, 3.8) is 0 Å². The number of anilines is 3. The highest BCUT2D eigenvalue weighted by atomic mass is 35.5. The number of hydrogen-bond donors (Lipinski definition) is 2. The number of carbonyl (C=O) groups is 1. The first-order valence-corrected chi connectivity index (χ1v) is 11.9. The van der Waals surface area contributed by atoms with Gasteiger partial charge < -0.3 is 24.8 Å². The van der Waals surface area contributed by atoms with Crippen molar-refractivity contribution in [2.45, 2.75) is 26.1 Å². The predicted molar refractivity (Wildman–Crippen MR) is 134 cm³/mol. The second-order valence-electron chi connectivity index (χ2n) is 8.85. The maximum absolute atomic E-state index is 13.7. The number of aliphatic hydroxyl groups is 1. The van der Waals surface area contributed by atoms with Gasteiger partial charge in [0.1, 0.15) is 12.4 Å². The molecule has 2 heterocycles. The van der Waals surface area contributed by atoms with E-state index in [1.54, 1.807) is 35.4 Å². The Balaban J connectivity index is 1.67. The number of pyridine rings is 1. The van der Waals surface area contributed by atoms with Crippen molar-refractivity contribution in [3.8, 4) is 11.5 Å². The molecule has 0 bridgehead atoms. The zero-order valence-electron chi connectivity index (χ0n) is 20.1. The minimum Gasteiger partial charge on any atom is -0.493 e. The van der Waals surface area contributed by atoms with Crippen molar-refractivity contribution in [3.05, 3.63) is 70.9 Å². The van der Waals surface area contributed by atoms with Gasteiger partial charge in [0.2, 0.25) is 0 Å². The third kappa shape index (κ3) is 5.75. The van der Waals surface area contributed by atoms with Gasteiger partial charge in [0.25, 0.3) is 5.91 Å². The number of benzene rings is 2. The first-order valence-electron chi connectivity index (χ1n) is 11.5. The van der Waals surface area contributed by atoms with Crippen LogP contribution in [0.4, 0.5) is 30.4 Å². The summed E-state index contributed by atoms with van der Waals surface area (Å²) >= 11 is 6.35. The van der Waals surface area contributed by atoms with Crippen LogP contribution in [0.25, 0.3) is 0 Å². The minimum absolute atomic E-state index is 0.0286. The summed E-state index contributed by atoms with van der Waals surface area (Å²) in [5.41, 5.74) is -0.508. The van der Waals surface area contributed by atoms with Crippen molar-refractivity contribution in [2.24, 2.45) is 5.92 Å². The highest BCUT2D eigenvalue weighted by Gasteiger charge is 2.36. The quantitative estimate of drug-likeness (QED) is 0.390. The fraction of sp³-hybridized carbons (Fsp3) is 0.308.